The molecule has 1 aliphatic carbocycles. The zero-order chi connectivity index (χ0) is 19.5. The van der Waals surface area contributed by atoms with Crippen molar-refractivity contribution in [2.75, 3.05) is 5.32 Å². The number of hydrogen-bond donors (Lipinski definition) is 3. The van der Waals surface area contributed by atoms with E-state index in [2.05, 4.69) is 15.6 Å². The van der Waals surface area contributed by atoms with Crippen molar-refractivity contribution in [2.24, 2.45) is 0 Å². The molecule has 0 saturated heterocycles. The second-order valence-electron chi connectivity index (χ2n) is 7.20. The normalized spacial score (nSPS) is 19.3. The molecule has 3 aromatic rings. The van der Waals surface area contributed by atoms with Crippen LogP contribution < -0.4 is 10.6 Å². The third kappa shape index (κ3) is 4.04. The van der Waals surface area contributed by atoms with Gasteiger partial charge in [-0.3, -0.25) is 9.78 Å². The van der Waals surface area contributed by atoms with Gasteiger partial charge in [0, 0.05) is 34.4 Å². The lowest BCUT2D eigenvalue weighted by Gasteiger charge is -2.30. The van der Waals surface area contributed by atoms with Crippen LogP contribution in [0.5, 0.6) is 5.75 Å². The molecule has 1 aliphatic rings. The number of rotatable bonds is 4. The van der Waals surface area contributed by atoms with Gasteiger partial charge in [-0.25, -0.2) is 0 Å². The van der Waals surface area contributed by atoms with Crippen LogP contribution in [-0.4, -0.2) is 28.1 Å². The summed E-state index contributed by atoms with van der Waals surface area (Å²) in [5, 5.41) is 18.2. The number of fused-ring (bicyclic) bond motifs is 1. The Morgan fingerprint density at radius 2 is 1.79 bits per heavy atom. The van der Waals surface area contributed by atoms with Crippen LogP contribution in [0.15, 0.2) is 54.7 Å². The Morgan fingerprint density at radius 3 is 2.57 bits per heavy atom. The molecule has 28 heavy (non-hydrogen) atoms. The predicted molar refractivity (Wildman–Crippen MR) is 112 cm³/mol. The topological polar surface area (TPSA) is 74.2 Å². The van der Waals surface area contributed by atoms with Crippen molar-refractivity contribution >= 4 is 34.1 Å². The minimum atomic E-state index is -0.216. The summed E-state index contributed by atoms with van der Waals surface area (Å²) in [6.07, 6.45) is 5.50. The molecule has 1 saturated carbocycles. The van der Waals surface area contributed by atoms with E-state index in [-0.39, 0.29) is 17.7 Å². The Bertz CT molecular complexity index is 1000. The molecule has 0 spiro atoms. The molecule has 1 aromatic heterocycles. The second kappa shape index (κ2) is 8.07. The minimum Gasteiger partial charge on any atom is -0.507 e. The molecule has 144 valence electrons. The predicted octanol–water partition coefficient (Wildman–Crippen LogP) is 4.75. The Hall–Kier alpha value is -2.79. The largest absolute Gasteiger partial charge is 0.507 e. The molecular weight excluding hydrogens is 374 g/mol. The van der Waals surface area contributed by atoms with E-state index in [0.717, 1.165) is 42.3 Å². The Morgan fingerprint density at radius 1 is 1.04 bits per heavy atom. The quantitative estimate of drug-likeness (QED) is 0.596. The number of benzene rings is 2. The second-order valence-corrected chi connectivity index (χ2v) is 7.64. The van der Waals surface area contributed by atoms with E-state index in [1.807, 2.05) is 24.3 Å². The molecule has 6 heteroatoms. The zero-order valence-electron chi connectivity index (χ0n) is 15.4. The molecule has 0 unspecified atom stereocenters. The van der Waals surface area contributed by atoms with Gasteiger partial charge in [-0.1, -0.05) is 23.7 Å². The fourth-order valence-corrected chi connectivity index (χ4v) is 3.94. The van der Waals surface area contributed by atoms with Crippen LogP contribution in [0, 0.1) is 0 Å². The summed E-state index contributed by atoms with van der Waals surface area (Å²) in [7, 11) is 0. The molecule has 1 fully saturated rings. The van der Waals surface area contributed by atoms with E-state index in [0.29, 0.717) is 16.6 Å². The van der Waals surface area contributed by atoms with Gasteiger partial charge in [-0.2, -0.15) is 0 Å². The highest BCUT2D eigenvalue weighted by atomic mass is 35.5. The molecule has 1 heterocycles. The summed E-state index contributed by atoms with van der Waals surface area (Å²) in [5.74, 6) is -0.202. The lowest BCUT2D eigenvalue weighted by atomic mass is 9.90. The number of anilines is 1. The number of aromatic hydroxyl groups is 1. The van der Waals surface area contributed by atoms with Gasteiger partial charge in [0.15, 0.2) is 0 Å². The summed E-state index contributed by atoms with van der Waals surface area (Å²) in [6.45, 7) is 0. The van der Waals surface area contributed by atoms with Gasteiger partial charge in [-0.05, 0) is 62.1 Å². The number of hydrogen-bond acceptors (Lipinski definition) is 4. The summed E-state index contributed by atoms with van der Waals surface area (Å²) >= 11 is 6.06. The van der Waals surface area contributed by atoms with Crippen molar-refractivity contribution in [2.45, 2.75) is 37.8 Å². The molecule has 5 nitrogen and oxygen atoms in total. The van der Waals surface area contributed by atoms with Gasteiger partial charge in [0.2, 0.25) is 0 Å². The first kappa shape index (κ1) is 18.6. The number of nitrogens with zero attached hydrogens (tertiary/aromatic N) is 1. The van der Waals surface area contributed by atoms with Gasteiger partial charge in [0.25, 0.3) is 5.91 Å². The maximum atomic E-state index is 12.4. The SMILES string of the molecule is O=C(N[C@H]1CC[C@@H](Nc2ccnc3cc(Cl)ccc23)CC1)c1ccccc1O. The van der Waals surface area contributed by atoms with Crippen molar-refractivity contribution in [3.05, 3.63) is 65.3 Å². The number of nitrogens with one attached hydrogen (secondary N) is 2. The molecule has 2 aromatic carbocycles. The smallest absolute Gasteiger partial charge is 0.255 e. The molecule has 3 N–H and O–H groups in total. The number of amides is 1. The number of pyridine rings is 1. The van der Waals surface area contributed by atoms with Crippen LogP contribution >= 0.6 is 11.6 Å². The highest BCUT2D eigenvalue weighted by molar-refractivity contribution is 6.31. The number of para-hydroxylation sites is 1. The summed E-state index contributed by atoms with van der Waals surface area (Å²) in [6, 6.07) is 14.8. The van der Waals surface area contributed by atoms with Gasteiger partial charge in [0.1, 0.15) is 5.75 Å². The van der Waals surface area contributed by atoms with Crippen molar-refractivity contribution in [1.82, 2.24) is 10.3 Å². The fraction of sp³-hybridized carbons (Fsp3) is 0.273. The van der Waals surface area contributed by atoms with E-state index in [4.69, 9.17) is 11.6 Å². The van der Waals surface area contributed by atoms with Gasteiger partial charge < -0.3 is 15.7 Å². The number of phenols is 1. The van der Waals surface area contributed by atoms with Crippen molar-refractivity contribution in [1.29, 1.82) is 0 Å². The summed E-state index contributed by atoms with van der Waals surface area (Å²) in [5.41, 5.74) is 2.26. The highest BCUT2D eigenvalue weighted by Gasteiger charge is 2.23. The minimum absolute atomic E-state index is 0.0139. The van der Waals surface area contributed by atoms with Gasteiger partial charge in [0.05, 0.1) is 11.1 Å². The van der Waals surface area contributed by atoms with Crippen molar-refractivity contribution < 1.29 is 9.90 Å². The van der Waals surface area contributed by atoms with E-state index >= 15 is 0 Å². The zero-order valence-corrected chi connectivity index (χ0v) is 16.1. The first-order valence-corrected chi connectivity index (χ1v) is 9.87. The van der Waals surface area contributed by atoms with E-state index in [9.17, 15) is 9.90 Å². The summed E-state index contributed by atoms with van der Waals surface area (Å²) < 4.78 is 0. The van der Waals surface area contributed by atoms with Crippen LogP contribution in [0.4, 0.5) is 5.69 Å². The maximum absolute atomic E-state index is 12.4. The molecule has 0 aliphatic heterocycles. The molecule has 4 rings (SSSR count). The van der Waals surface area contributed by atoms with E-state index < -0.39 is 0 Å². The lowest BCUT2D eigenvalue weighted by Crippen LogP contribution is -2.40. The number of carbonyl (C=O) groups excluding carboxylic acids is 1. The molecule has 1 amide bonds. The molecule has 0 atom stereocenters. The van der Waals surface area contributed by atoms with E-state index in [1.165, 1.54) is 6.07 Å². The lowest BCUT2D eigenvalue weighted by molar-refractivity contribution is 0.0924. The van der Waals surface area contributed by atoms with Crippen LogP contribution in [0.2, 0.25) is 5.02 Å². The summed E-state index contributed by atoms with van der Waals surface area (Å²) in [4.78, 5) is 16.8. The van der Waals surface area contributed by atoms with Gasteiger partial charge in [-0.15, -0.1) is 0 Å². The van der Waals surface area contributed by atoms with Crippen molar-refractivity contribution in [3.63, 3.8) is 0 Å². The Labute approximate surface area is 168 Å². The van der Waals surface area contributed by atoms with Crippen LogP contribution in [0.1, 0.15) is 36.0 Å². The van der Waals surface area contributed by atoms with Crippen LogP contribution in [0.3, 0.4) is 0 Å². The average Bonchev–Trinajstić information content (AvgIpc) is 2.69. The number of halogens is 1. The van der Waals surface area contributed by atoms with Gasteiger partial charge >= 0.3 is 0 Å². The van der Waals surface area contributed by atoms with Crippen LogP contribution in [-0.2, 0) is 0 Å². The molecule has 0 radical (unpaired) electrons. The Balaban J connectivity index is 1.36. The molecule has 0 bridgehead atoms. The van der Waals surface area contributed by atoms with E-state index in [1.54, 1.807) is 24.4 Å². The average molecular weight is 396 g/mol. The van der Waals surface area contributed by atoms with Crippen LogP contribution in [0.25, 0.3) is 10.9 Å². The Kier molecular flexibility index (Phi) is 5.35. The maximum Gasteiger partial charge on any atom is 0.255 e. The van der Waals surface area contributed by atoms with Crippen molar-refractivity contribution in [3.8, 4) is 5.75 Å². The first-order chi connectivity index (χ1) is 13.6. The fourth-order valence-electron chi connectivity index (χ4n) is 3.78. The first-order valence-electron chi connectivity index (χ1n) is 9.50. The molecular formula is C22H22ClN3O2. The third-order valence-corrected chi connectivity index (χ3v) is 5.51. The monoisotopic (exact) mass is 395 g/mol. The highest BCUT2D eigenvalue weighted by Crippen LogP contribution is 2.28. The number of phenolic OH excluding ortho intramolecular Hbond substituents is 1. The number of carbonyl (C=O) groups is 1. The number of aromatic nitrogens is 1. The standard InChI is InChI=1S/C22H22ClN3O2/c23-14-5-10-17-19(11-12-24-20(17)13-14)25-15-6-8-16(9-7-15)26-22(28)18-3-1-2-4-21(18)27/h1-5,10-13,15-16,27H,6-9H2,(H,24,25)(H,26,28)/t15-,16+. The third-order valence-electron chi connectivity index (χ3n) is 5.28.